The molecule has 239 valence electrons. The Morgan fingerprint density at radius 3 is 2.20 bits per heavy atom. The first kappa shape index (κ1) is 35.7. The van der Waals surface area contributed by atoms with Crippen molar-refractivity contribution in [3.8, 4) is 11.3 Å². The maximum Gasteiger partial charge on any atom is 0.162 e. The largest absolute Gasteiger partial charge is 0.512 e. The van der Waals surface area contributed by atoms with Crippen molar-refractivity contribution in [3.05, 3.63) is 77.2 Å². The number of allylic oxidation sites excluding steroid dienone is 2. The molecule has 0 amide bonds. The van der Waals surface area contributed by atoms with Crippen LogP contribution in [0.1, 0.15) is 111 Å². The fraction of sp³-hybridized carbons (Fsp3) is 0.487. The quantitative estimate of drug-likeness (QED) is 0.110. The van der Waals surface area contributed by atoms with Crippen molar-refractivity contribution < 1.29 is 34.4 Å². The molecular weight excluding hydrogens is 723 g/mol. The number of carbonyl (C=O) groups excluding carboxylic acids is 1. The molecular formula is C39H50IrNO3-. The maximum absolute atomic E-state index is 11.7. The van der Waals surface area contributed by atoms with Crippen LogP contribution in [0.3, 0.4) is 0 Å². The molecule has 0 saturated heterocycles. The number of pyridine rings is 1. The van der Waals surface area contributed by atoms with Crippen LogP contribution >= 0.6 is 0 Å². The Morgan fingerprint density at radius 2 is 1.61 bits per heavy atom. The first-order valence-electron chi connectivity index (χ1n) is 16.2. The molecule has 0 spiro atoms. The maximum atomic E-state index is 11.7. The number of hydrogen-bond acceptors (Lipinski definition) is 4. The summed E-state index contributed by atoms with van der Waals surface area (Å²) in [6.07, 6.45) is 9.20. The Morgan fingerprint density at radius 1 is 0.977 bits per heavy atom. The summed E-state index contributed by atoms with van der Waals surface area (Å²) in [5.41, 5.74) is 8.15. The number of aliphatic hydroxyl groups is 1. The second-order valence-electron chi connectivity index (χ2n) is 13.5. The van der Waals surface area contributed by atoms with Gasteiger partial charge in [-0.3, -0.25) is 4.79 Å². The summed E-state index contributed by atoms with van der Waals surface area (Å²) in [6, 6.07) is 15.8. The Bertz CT molecular complexity index is 1610. The molecule has 0 fully saturated rings. The van der Waals surface area contributed by atoms with Gasteiger partial charge in [0.15, 0.2) is 5.78 Å². The molecule has 4 nitrogen and oxygen atoms in total. The van der Waals surface area contributed by atoms with E-state index in [1.54, 1.807) is 0 Å². The molecule has 1 N–H and O–H groups in total. The second-order valence-corrected chi connectivity index (χ2v) is 13.5. The van der Waals surface area contributed by atoms with Gasteiger partial charge >= 0.3 is 0 Å². The fourth-order valence-electron chi connectivity index (χ4n) is 6.67. The number of aromatic nitrogens is 1. The predicted molar refractivity (Wildman–Crippen MR) is 180 cm³/mol. The van der Waals surface area contributed by atoms with Crippen molar-refractivity contribution >= 4 is 27.7 Å². The molecule has 4 aromatic rings. The molecule has 0 atom stereocenters. The normalized spacial score (nSPS) is 15.6. The third-order valence-electron chi connectivity index (χ3n) is 9.67. The van der Waals surface area contributed by atoms with Crippen LogP contribution in [0.25, 0.3) is 33.2 Å². The Labute approximate surface area is 278 Å². The summed E-state index contributed by atoms with van der Waals surface area (Å²) in [4.78, 5) is 16.4. The molecule has 2 aromatic heterocycles. The van der Waals surface area contributed by atoms with E-state index in [0.717, 1.165) is 48.1 Å². The van der Waals surface area contributed by atoms with Crippen molar-refractivity contribution in [1.29, 1.82) is 0 Å². The number of furan rings is 1. The first-order valence-corrected chi connectivity index (χ1v) is 16.2. The van der Waals surface area contributed by atoms with Gasteiger partial charge in [-0.15, -0.1) is 35.9 Å². The van der Waals surface area contributed by atoms with E-state index in [0.29, 0.717) is 0 Å². The van der Waals surface area contributed by atoms with Crippen LogP contribution in [0.15, 0.2) is 58.8 Å². The zero-order valence-electron chi connectivity index (χ0n) is 28.1. The zero-order chi connectivity index (χ0) is 31.5. The van der Waals surface area contributed by atoms with Gasteiger partial charge in [-0.1, -0.05) is 61.5 Å². The second kappa shape index (κ2) is 14.6. The Balaban J connectivity index is 0.000000286. The first-order chi connectivity index (χ1) is 20.4. The molecule has 1 radical (unpaired) electrons. The van der Waals surface area contributed by atoms with E-state index in [4.69, 9.17) is 4.42 Å². The van der Waals surface area contributed by atoms with Crippen molar-refractivity contribution in [2.75, 3.05) is 0 Å². The van der Waals surface area contributed by atoms with Gasteiger partial charge in [-0.25, -0.2) is 0 Å². The molecule has 1 aliphatic rings. The van der Waals surface area contributed by atoms with Gasteiger partial charge in [-0.2, -0.15) is 0 Å². The molecule has 2 aromatic carbocycles. The number of rotatable bonds is 8. The third-order valence-corrected chi connectivity index (χ3v) is 9.67. The number of aryl methyl sites for hydroxylation is 1. The predicted octanol–water partition coefficient (Wildman–Crippen LogP) is 11.0. The minimum absolute atomic E-state index is 0. The third kappa shape index (κ3) is 7.05. The summed E-state index contributed by atoms with van der Waals surface area (Å²) in [5, 5.41) is 12.2. The summed E-state index contributed by atoms with van der Waals surface area (Å²) < 4.78 is 6.51. The molecule has 0 bridgehead atoms. The zero-order valence-corrected chi connectivity index (χ0v) is 30.5. The van der Waals surface area contributed by atoms with Gasteiger partial charge in [0.25, 0.3) is 0 Å². The molecule has 5 heteroatoms. The van der Waals surface area contributed by atoms with Crippen LogP contribution in [0.4, 0.5) is 0 Å². The van der Waals surface area contributed by atoms with Gasteiger partial charge in [0.2, 0.25) is 0 Å². The average molecular weight is 773 g/mol. The van der Waals surface area contributed by atoms with E-state index in [-0.39, 0.29) is 54.3 Å². The Kier molecular flexibility index (Phi) is 11.8. The Hall–Kier alpha value is -2.75. The van der Waals surface area contributed by atoms with Crippen LogP contribution in [0.5, 0.6) is 0 Å². The smallest absolute Gasteiger partial charge is 0.162 e. The van der Waals surface area contributed by atoms with Crippen molar-refractivity contribution in [3.63, 3.8) is 0 Å². The van der Waals surface area contributed by atoms with Crippen molar-refractivity contribution in [1.82, 2.24) is 4.98 Å². The molecule has 0 saturated carbocycles. The molecule has 44 heavy (non-hydrogen) atoms. The average Bonchev–Trinajstić information content (AvgIpc) is 3.38. The molecule has 5 rings (SSSR count). The SMILES string of the molecule is CCC(CC)C(=O)/C=C(\O)C(CC)CC.Cc1cc2c(c3c1oc1c(-c4[c-]cccc4)nccc13)C(C)(C)CCC2(C)C.[Ir]. The minimum atomic E-state index is 0. The van der Waals surface area contributed by atoms with Crippen molar-refractivity contribution in [2.45, 2.75) is 112 Å². The van der Waals surface area contributed by atoms with E-state index < -0.39 is 0 Å². The topological polar surface area (TPSA) is 63.3 Å². The molecule has 1 aliphatic carbocycles. The van der Waals surface area contributed by atoms with Gasteiger partial charge in [-0.05, 0) is 79.0 Å². The van der Waals surface area contributed by atoms with Gasteiger partial charge in [0.1, 0.15) is 11.2 Å². The fourth-order valence-corrected chi connectivity index (χ4v) is 6.67. The molecule has 2 heterocycles. The van der Waals surface area contributed by atoms with E-state index in [1.807, 2.05) is 58.2 Å². The summed E-state index contributed by atoms with van der Waals surface area (Å²) in [5.74, 6) is 0.547. The number of ketones is 1. The monoisotopic (exact) mass is 773 g/mol. The standard InChI is InChI=1S/C26H26NO.C13H24O2.Ir/c1-16-15-19-21(26(4,5)13-12-25(19,2)3)20-18-11-14-27-22(24(18)28-23(16)20)17-9-7-6-8-10-17;1-5-10(6-2)12(14)9-13(15)11(7-3)8-4;/h6-9,11,14-15H,12-13H2,1-5H3;9-11,14H,5-8H2,1-4H3;/q-1;;/b;12-9-;. The number of fused-ring (bicyclic) bond motifs is 5. The number of hydrogen-bond donors (Lipinski definition) is 1. The minimum Gasteiger partial charge on any atom is -0.512 e. The van der Waals surface area contributed by atoms with Crippen LogP contribution in [0.2, 0.25) is 0 Å². The van der Waals surface area contributed by atoms with E-state index in [1.165, 1.54) is 46.4 Å². The van der Waals surface area contributed by atoms with Crippen LogP contribution in [-0.2, 0) is 35.7 Å². The van der Waals surface area contributed by atoms with E-state index in [2.05, 4.69) is 57.8 Å². The molecule has 0 unspecified atom stereocenters. The summed E-state index contributed by atoms with van der Waals surface area (Å²) in [7, 11) is 0. The number of carbonyl (C=O) groups is 1. The van der Waals surface area contributed by atoms with Crippen LogP contribution in [0, 0.1) is 24.8 Å². The summed E-state index contributed by atoms with van der Waals surface area (Å²) >= 11 is 0. The van der Waals surface area contributed by atoms with Crippen LogP contribution in [-0.4, -0.2) is 15.9 Å². The van der Waals surface area contributed by atoms with Crippen molar-refractivity contribution in [2.24, 2.45) is 11.8 Å². The number of benzene rings is 2. The van der Waals surface area contributed by atoms with E-state index >= 15 is 0 Å². The van der Waals surface area contributed by atoms with Gasteiger partial charge < -0.3 is 14.5 Å². The number of aliphatic hydroxyl groups excluding tert-OH is 1. The van der Waals surface area contributed by atoms with E-state index in [9.17, 15) is 9.90 Å². The summed E-state index contributed by atoms with van der Waals surface area (Å²) in [6.45, 7) is 19.7. The number of nitrogens with zero attached hydrogens (tertiary/aromatic N) is 1. The van der Waals surface area contributed by atoms with Crippen LogP contribution < -0.4 is 0 Å². The van der Waals surface area contributed by atoms with Gasteiger partial charge in [0.05, 0.1) is 5.76 Å². The molecule has 0 aliphatic heterocycles. The van der Waals surface area contributed by atoms with Gasteiger partial charge in [0, 0.05) is 60.7 Å².